The molecule has 0 bridgehead atoms. The van der Waals surface area contributed by atoms with Gasteiger partial charge in [-0.15, -0.1) is 0 Å². The van der Waals surface area contributed by atoms with E-state index in [4.69, 9.17) is 10.5 Å². The quantitative estimate of drug-likeness (QED) is 0.743. The maximum Gasteiger partial charge on any atom is 0.126 e. The second-order valence-corrected chi connectivity index (χ2v) is 4.34. The summed E-state index contributed by atoms with van der Waals surface area (Å²) < 4.78 is 6.44. The van der Waals surface area contributed by atoms with Crippen LogP contribution >= 0.6 is 15.9 Å². The molecule has 4 heteroatoms. The van der Waals surface area contributed by atoms with Gasteiger partial charge in [0.15, 0.2) is 0 Å². The lowest BCUT2D eigenvalue weighted by Crippen LogP contribution is -2.28. The number of hydrogen-bond acceptors (Lipinski definition) is 3. The molecule has 1 aliphatic rings. The molecule has 0 aromatic heterocycles. The lowest BCUT2D eigenvalue weighted by Gasteiger charge is -2.15. The van der Waals surface area contributed by atoms with Crippen molar-refractivity contribution >= 4 is 15.9 Å². The minimum Gasteiger partial charge on any atom is -0.493 e. The Labute approximate surface area is 91.0 Å². The summed E-state index contributed by atoms with van der Waals surface area (Å²) in [6.45, 7) is 0.557. The highest BCUT2D eigenvalue weighted by molar-refractivity contribution is 9.10. The first-order valence-corrected chi connectivity index (χ1v) is 5.33. The van der Waals surface area contributed by atoms with Crippen molar-refractivity contribution in [3.05, 3.63) is 28.2 Å². The molecule has 1 heterocycles. The van der Waals surface area contributed by atoms with E-state index in [9.17, 15) is 5.11 Å². The van der Waals surface area contributed by atoms with Crippen LogP contribution in [0.2, 0.25) is 0 Å². The maximum absolute atomic E-state index is 9.88. The van der Waals surface area contributed by atoms with Crippen LogP contribution in [0, 0.1) is 0 Å². The SMILES string of the molecule is NC1CCOc2cc(Br)ccc2C1O. The van der Waals surface area contributed by atoms with E-state index in [0.29, 0.717) is 13.0 Å². The Balaban J connectivity index is 2.43. The van der Waals surface area contributed by atoms with Gasteiger partial charge in [-0.1, -0.05) is 22.0 Å². The summed E-state index contributed by atoms with van der Waals surface area (Å²) in [4.78, 5) is 0. The van der Waals surface area contributed by atoms with Crippen LogP contribution < -0.4 is 10.5 Å². The monoisotopic (exact) mass is 257 g/mol. The summed E-state index contributed by atoms with van der Waals surface area (Å²) in [5.41, 5.74) is 6.57. The van der Waals surface area contributed by atoms with Gasteiger partial charge in [0, 0.05) is 16.1 Å². The molecule has 0 radical (unpaired) electrons. The number of hydrogen-bond donors (Lipinski definition) is 2. The third-order valence-corrected chi connectivity index (χ3v) is 2.90. The average molecular weight is 258 g/mol. The van der Waals surface area contributed by atoms with Crippen LogP contribution in [0.5, 0.6) is 5.75 Å². The van der Waals surface area contributed by atoms with Crippen molar-refractivity contribution < 1.29 is 9.84 Å². The third-order valence-electron chi connectivity index (χ3n) is 2.41. The molecule has 0 amide bonds. The molecule has 0 spiro atoms. The molecular weight excluding hydrogens is 246 g/mol. The van der Waals surface area contributed by atoms with Gasteiger partial charge in [-0.2, -0.15) is 0 Å². The van der Waals surface area contributed by atoms with Crippen molar-refractivity contribution in [2.24, 2.45) is 5.73 Å². The molecule has 2 atom stereocenters. The number of halogens is 1. The van der Waals surface area contributed by atoms with E-state index in [-0.39, 0.29) is 6.04 Å². The second-order valence-electron chi connectivity index (χ2n) is 3.43. The summed E-state index contributed by atoms with van der Waals surface area (Å²) in [6.07, 6.45) is 0.0496. The Hall–Kier alpha value is -0.580. The number of ether oxygens (including phenoxy) is 1. The van der Waals surface area contributed by atoms with Gasteiger partial charge in [-0.3, -0.25) is 0 Å². The van der Waals surface area contributed by atoms with E-state index >= 15 is 0 Å². The van der Waals surface area contributed by atoms with Gasteiger partial charge < -0.3 is 15.6 Å². The van der Waals surface area contributed by atoms with E-state index in [1.165, 1.54) is 0 Å². The molecule has 2 rings (SSSR count). The Kier molecular flexibility index (Phi) is 2.76. The number of fused-ring (bicyclic) bond motifs is 1. The molecule has 3 N–H and O–H groups in total. The number of benzene rings is 1. The molecule has 0 saturated carbocycles. The average Bonchev–Trinajstić information content (AvgIpc) is 2.28. The summed E-state index contributed by atoms with van der Waals surface area (Å²) in [7, 11) is 0. The van der Waals surface area contributed by atoms with E-state index in [2.05, 4.69) is 15.9 Å². The van der Waals surface area contributed by atoms with Gasteiger partial charge >= 0.3 is 0 Å². The van der Waals surface area contributed by atoms with Crippen molar-refractivity contribution in [3.63, 3.8) is 0 Å². The van der Waals surface area contributed by atoms with Gasteiger partial charge in [0.1, 0.15) is 5.75 Å². The zero-order valence-electron chi connectivity index (χ0n) is 7.61. The molecular formula is C10H12BrNO2. The van der Waals surface area contributed by atoms with Crippen molar-refractivity contribution in [3.8, 4) is 5.75 Å². The highest BCUT2D eigenvalue weighted by atomic mass is 79.9. The van der Waals surface area contributed by atoms with Gasteiger partial charge in [-0.25, -0.2) is 0 Å². The molecule has 1 aromatic rings. The first-order valence-electron chi connectivity index (χ1n) is 4.54. The Bertz CT molecular complexity index is 343. The molecule has 76 valence electrons. The smallest absolute Gasteiger partial charge is 0.126 e. The van der Waals surface area contributed by atoms with Crippen LogP contribution in [0.25, 0.3) is 0 Å². The molecule has 2 unspecified atom stereocenters. The summed E-state index contributed by atoms with van der Waals surface area (Å²) >= 11 is 3.36. The van der Waals surface area contributed by atoms with Gasteiger partial charge in [0.05, 0.1) is 12.7 Å². The molecule has 0 aliphatic carbocycles. The van der Waals surface area contributed by atoms with Crippen LogP contribution in [0.4, 0.5) is 0 Å². The predicted molar refractivity (Wildman–Crippen MR) is 57.2 cm³/mol. The number of rotatable bonds is 0. The van der Waals surface area contributed by atoms with Crippen molar-refractivity contribution in [2.45, 2.75) is 18.6 Å². The molecule has 1 aromatic carbocycles. The number of nitrogens with two attached hydrogens (primary N) is 1. The largest absolute Gasteiger partial charge is 0.493 e. The van der Waals surface area contributed by atoms with E-state index in [1.807, 2.05) is 18.2 Å². The third kappa shape index (κ3) is 1.78. The lowest BCUT2D eigenvalue weighted by molar-refractivity contribution is 0.145. The maximum atomic E-state index is 9.88. The fraction of sp³-hybridized carbons (Fsp3) is 0.400. The molecule has 0 saturated heterocycles. The fourth-order valence-electron chi connectivity index (χ4n) is 1.57. The number of aliphatic hydroxyl groups is 1. The Morgan fingerprint density at radius 1 is 1.50 bits per heavy atom. The van der Waals surface area contributed by atoms with E-state index < -0.39 is 6.10 Å². The van der Waals surface area contributed by atoms with Crippen molar-refractivity contribution in [1.29, 1.82) is 0 Å². The molecule has 3 nitrogen and oxygen atoms in total. The highest BCUT2D eigenvalue weighted by Crippen LogP contribution is 2.32. The first kappa shape index (κ1) is 9.96. The second kappa shape index (κ2) is 3.88. The van der Waals surface area contributed by atoms with Gasteiger partial charge in [0.25, 0.3) is 0 Å². The first-order chi connectivity index (χ1) is 6.68. The van der Waals surface area contributed by atoms with Gasteiger partial charge in [-0.05, 0) is 18.6 Å². The zero-order valence-corrected chi connectivity index (χ0v) is 9.20. The summed E-state index contributed by atoms with van der Waals surface area (Å²) in [5.74, 6) is 0.722. The minimum absolute atomic E-state index is 0.238. The van der Waals surface area contributed by atoms with Crippen LogP contribution in [0.3, 0.4) is 0 Å². The van der Waals surface area contributed by atoms with Crippen LogP contribution in [0.15, 0.2) is 22.7 Å². The van der Waals surface area contributed by atoms with E-state index in [0.717, 1.165) is 15.8 Å². The molecule has 14 heavy (non-hydrogen) atoms. The Morgan fingerprint density at radius 2 is 2.29 bits per heavy atom. The fourth-order valence-corrected chi connectivity index (χ4v) is 1.91. The zero-order chi connectivity index (χ0) is 10.1. The van der Waals surface area contributed by atoms with Crippen LogP contribution in [-0.4, -0.2) is 17.8 Å². The Morgan fingerprint density at radius 3 is 3.07 bits per heavy atom. The van der Waals surface area contributed by atoms with Crippen molar-refractivity contribution in [2.75, 3.05) is 6.61 Å². The highest BCUT2D eigenvalue weighted by Gasteiger charge is 2.23. The lowest BCUT2D eigenvalue weighted by atomic mass is 10.0. The molecule has 0 fully saturated rings. The van der Waals surface area contributed by atoms with E-state index in [1.54, 1.807) is 0 Å². The van der Waals surface area contributed by atoms with Gasteiger partial charge in [0.2, 0.25) is 0 Å². The topological polar surface area (TPSA) is 55.5 Å². The standard InChI is InChI=1S/C10H12BrNO2/c11-6-1-2-7-9(5-6)14-4-3-8(12)10(7)13/h1-2,5,8,10,13H,3-4,12H2. The van der Waals surface area contributed by atoms with Crippen LogP contribution in [0.1, 0.15) is 18.1 Å². The summed E-state index contributed by atoms with van der Waals surface area (Å²) in [6, 6.07) is 5.34. The number of aliphatic hydroxyl groups excluding tert-OH is 1. The molecule has 1 aliphatic heterocycles. The minimum atomic E-state index is -0.624. The predicted octanol–water partition coefficient (Wildman–Crippen LogP) is 1.59. The summed E-state index contributed by atoms with van der Waals surface area (Å²) in [5, 5.41) is 9.88. The normalized spacial score (nSPS) is 26.2. The van der Waals surface area contributed by atoms with Crippen LogP contribution in [-0.2, 0) is 0 Å². The van der Waals surface area contributed by atoms with Crippen molar-refractivity contribution in [1.82, 2.24) is 0 Å².